The molecule has 10 nitrogen and oxygen atoms in total. The number of nitrogens with one attached hydrogen (secondary N) is 3. The number of amides is 4. The predicted molar refractivity (Wildman–Crippen MR) is 135 cm³/mol. The van der Waals surface area contributed by atoms with E-state index in [4.69, 9.17) is 9.47 Å². The summed E-state index contributed by atoms with van der Waals surface area (Å²) in [5.41, 5.74) is 5.79. The van der Waals surface area contributed by atoms with Crippen LogP contribution in [0, 0.1) is 0 Å². The lowest BCUT2D eigenvalue weighted by Gasteiger charge is -2.29. The Morgan fingerprint density at radius 1 is 1.14 bits per heavy atom. The average Bonchev–Trinajstić information content (AvgIpc) is 2.81. The van der Waals surface area contributed by atoms with Gasteiger partial charge in [0.05, 0.1) is 12.4 Å². The van der Waals surface area contributed by atoms with E-state index in [0.717, 1.165) is 48.7 Å². The number of nitrogens with zero attached hydrogens (tertiary/aromatic N) is 1. The molecular weight excluding hydrogens is 472 g/mol. The molecule has 0 unspecified atom stereocenters. The minimum Gasteiger partial charge on any atom is -0.444 e. The molecular formula is C24H36N4O6S. The minimum absolute atomic E-state index is 0.0737. The Labute approximate surface area is 210 Å². The summed E-state index contributed by atoms with van der Waals surface area (Å²) >= 11 is 0.754. The van der Waals surface area contributed by atoms with Crippen molar-refractivity contribution in [3.63, 3.8) is 0 Å². The van der Waals surface area contributed by atoms with Crippen LogP contribution in [0.2, 0.25) is 0 Å². The van der Waals surface area contributed by atoms with E-state index in [-0.39, 0.29) is 18.3 Å². The van der Waals surface area contributed by atoms with Gasteiger partial charge < -0.3 is 19.7 Å². The number of unbranched alkanes of at least 4 members (excludes halogenated alkanes) is 1. The van der Waals surface area contributed by atoms with Gasteiger partial charge in [-0.2, -0.15) is 0 Å². The molecule has 0 aliphatic carbocycles. The Morgan fingerprint density at radius 2 is 1.89 bits per heavy atom. The molecule has 11 heteroatoms. The Hall–Kier alpha value is -2.79. The van der Waals surface area contributed by atoms with E-state index in [0.29, 0.717) is 13.2 Å². The van der Waals surface area contributed by atoms with E-state index in [1.165, 1.54) is 0 Å². The van der Waals surface area contributed by atoms with Crippen molar-refractivity contribution in [1.82, 2.24) is 16.2 Å². The Morgan fingerprint density at radius 3 is 2.60 bits per heavy atom. The van der Waals surface area contributed by atoms with Gasteiger partial charge in [-0.3, -0.25) is 25.2 Å². The zero-order valence-electron chi connectivity index (χ0n) is 20.8. The largest absolute Gasteiger partial charge is 0.444 e. The fraction of sp³-hybridized carbons (Fsp3) is 0.583. The van der Waals surface area contributed by atoms with E-state index >= 15 is 0 Å². The van der Waals surface area contributed by atoms with E-state index < -0.39 is 28.9 Å². The van der Waals surface area contributed by atoms with Gasteiger partial charge in [-0.1, -0.05) is 43.3 Å². The average molecular weight is 509 g/mol. The van der Waals surface area contributed by atoms with Gasteiger partial charge in [-0.15, -0.1) is 0 Å². The summed E-state index contributed by atoms with van der Waals surface area (Å²) in [6.07, 6.45) is 2.74. The SMILES string of the molecule is CCCCOC[C@H](NC(=O)OC(C)(C)C)C(=O)NNC(=O)SCC(=O)N1CCCc2ccccc21. The normalized spacial score (nSPS) is 13.9. The Bertz CT molecular complexity index is 889. The molecule has 0 aromatic heterocycles. The van der Waals surface area contributed by atoms with Crippen LogP contribution in [0.15, 0.2) is 24.3 Å². The number of fused-ring (bicyclic) bond motifs is 1. The van der Waals surface area contributed by atoms with Crippen molar-refractivity contribution in [3.05, 3.63) is 29.8 Å². The van der Waals surface area contributed by atoms with Gasteiger partial charge in [-0.25, -0.2) is 4.79 Å². The van der Waals surface area contributed by atoms with Crippen LogP contribution in [-0.2, 0) is 25.5 Å². The van der Waals surface area contributed by atoms with Crippen molar-refractivity contribution < 1.29 is 28.7 Å². The first-order valence-corrected chi connectivity index (χ1v) is 12.8. The van der Waals surface area contributed by atoms with Crippen LogP contribution in [0.3, 0.4) is 0 Å². The number of hydrogen-bond donors (Lipinski definition) is 3. The van der Waals surface area contributed by atoms with Gasteiger partial charge in [0.2, 0.25) is 5.91 Å². The maximum atomic E-state index is 12.7. The lowest BCUT2D eigenvalue weighted by molar-refractivity contribution is -0.125. The summed E-state index contributed by atoms with van der Waals surface area (Å²) in [5.74, 6) is -0.925. The minimum atomic E-state index is -1.07. The van der Waals surface area contributed by atoms with Crippen molar-refractivity contribution in [2.75, 3.05) is 30.4 Å². The monoisotopic (exact) mass is 508 g/mol. The van der Waals surface area contributed by atoms with Gasteiger partial charge in [0, 0.05) is 18.8 Å². The lowest BCUT2D eigenvalue weighted by Crippen LogP contribution is -2.54. The molecule has 1 aliphatic heterocycles. The van der Waals surface area contributed by atoms with Gasteiger partial charge in [0.25, 0.3) is 11.1 Å². The molecule has 0 saturated carbocycles. The van der Waals surface area contributed by atoms with Gasteiger partial charge in [-0.05, 0) is 51.7 Å². The summed E-state index contributed by atoms with van der Waals surface area (Å²) < 4.78 is 10.7. The van der Waals surface area contributed by atoms with E-state index in [1.54, 1.807) is 25.7 Å². The topological polar surface area (TPSA) is 126 Å². The van der Waals surface area contributed by atoms with Crippen LogP contribution < -0.4 is 21.1 Å². The maximum Gasteiger partial charge on any atom is 0.408 e. The third-order valence-corrected chi connectivity index (χ3v) is 5.72. The van der Waals surface area contributed by atoms with Crippen molar-refractivity contribution >= 4 is 40.6 Å². The zero-order valence-corrected chi connectivity index (χ0v) is 21.7. The molecule has 194 valence electrons. The molecule has 4 amide bonds. The molecule has 0 bridgehead atoms. The molecule has 2 rings (SSSR count). The van der Waals surface area contributed by atoms with Gasteiger partial charge >= 0.3 is 6.09 Å². The molecule has 1 aromatic rings. The number of anilines is 1. The fourth-order valence-electron chi connectivity index (χ4n) is 3.31. The molecule has 0 radical (unpaired) electrons. The zero-order chi connectivity index (χ0) is 25.8. The fourth-order valence-corrected chi connectivity index (χ4v) is 3.85. The van der Waals surface area contributed by atoms with E-state index in [9.17, 15) is 19.2 Å². The first-order chi connectivity index (χ1) is 16.6. The summed E-state index contributed by atoms with van der Waals surface area (Å²) in [6.45, 7) is 8.09. The van der Waals surface area contributed by atoms with Crippen LogP contribution in [0.4, 0.5) is 15.3 Å². The van der Waals surface area contributed by atoms with E-state index in [2.05, 4.69) is 16.2 Å². The molecule has 1 heterocycles. The highest BCUT2D eigenvalue weighted by atomic mass is 32.2. The number of carbonyl (C=O) groups is 4. The number of rotatable bonds is 9. The summed E-state index contributed by atoms with van der Waals surface area (Å²) in [5, 5.41) is 1.86. The number of para-hydroxylation sites is 1. The van der Waals surface area contributed by atoms with Gasteiger partial charge in [0.15, 0.2) is 0 Å². The van der Waals surface area contributed by atoms with Crippen molar-refractivity contribution in [1.29, 1.82) is 0 Å². The van der Waals surface area contributed by atoms with Crippen molar-refractivity contribution in [3.8, 4) is 0 Å². The molecule has 1 atom stereocenters. The predicted octanol–water partition coefficient (Wildman–Crippen LogP) is 3.15. The first kappa shape index (κ1) is 28.4. The smallest absolute Gasteiger partial charge is 0.408 e. The second-order valence-corrected chi connectivity index (χ2v) is 10.0. The van der Waals surface area contributed by atoms with Gasteiger partial charge in [0.1, 0.15) is 11.6 Å². The van der Waals surface area contributed by atoms with Crippen LogP contribution in [0.5, 0.6) is 0 Å². The Balaban J connectivity index is 1.83. The van der Waals surface area contributed by atoms with Crippen LogP contribution in [0.1, 0.15) is 52.5 Å². The number of hydrogen-bond acceptors (Lipinski definition) is 7. The van der Waals surface area contributed by atoms with Crippen LogP contribution in [-0.4, -0.2) is 60.3 Å². The number of benzene rings is 1. The summed E-state index contributed by atoms with van der Waals surface area (Å²) in [4.78, 5) is 51.3. The highest BCUT2D eigenvalue weighted by Crippen LogP contribution is 2.27. The first-order valence-electron chi connectivity index (χ1n) is 11.8. The maximum absolute atomic E-state index is 12.7. The number of ether oxygens (including phenoxy) is 2. The molecule has 35 heavy (non-hydrogen) atoms. The molecule has 0 spiro atoms. The highest BCUT2D eigenvalue weighted by Gasteiger charge is 2.26. The lowest BCUT2D eigenvalue weighted by atomic mass is 10.0. The van der Waals surface area contributed by atoms with Crippen LogP contribution in [0.25, 0.3) is 0 Å². The standard InChI is InChI=1S/C24H36N4O6S/c1-5-6-14-33-15-18(25-22(31)34-24(2,3)4)21(30)26-27-23(32)35-16-20(29)28-13-9-11-17-10-7-8-12-19(17)28/h7-8,10,12,18H,5-6,9,11,13-16H2,1-4H3,(H,25,31)(H,26,30)(H,27,32)/t18-/m0/s1. The molecule has 3 N–H and O–H groups in total. The second kappa shape index (κ2) is 13.9. The summed E-state index contributed by atoms with van der Waals surface area (Å²) in [6, 6.07) is 6.65. The molecule has 0 fully saturated rings. The Kier molecular flexibility index (Phi) is 11.3. The second-order valence-electron chi connectivity index (χ2n) is 9.10. The van der Waals surface area contributed by atoms with Crippen molar-refractivity contribution in [2.24, 2.45) is 0 Å². The molecule has 1 aliphatic rings. The van der Waals surface area contributed by atoms with Crippen molar-refractivity contribution in [2.45, 2.75) is 65.0 Å². The van der Waals surface area contributed by atoms with E-state index in [1.807, 2.05) is 31.2 Å². The quantitative estimate of drug-likeness (QED) is 0.346. The third kappa shape index (κ3) is 10.2. The summed E-state index contributed by atoms with van der Waals surface area (Å²) in [7, 11) is 0. The number of aryl methyl sites for hydroxylation is 1. The molecule has 1 aromatic carbocycles. The number of alkyl carbamates (subject to hydrolysis) is 1. The highest BCUT2D eigenvalue weighted by molar-refractivity contribution is 8.14. The number of hydrazine groups is 1. The third-order valence-electron chi connectivity index (χ3n) is 4.96. The number of thioether (sulfide) groups is 1. The van der Waals surface area contributed by atoms with Crippen LogP contribution >= 0.6 is 11.8 Å². The molecule has 0 saturated heterocycles. The number of carbonyl (C=O) groups excluding carboxylic acids is 4.